The fraction of sp³-hybridized carbons (Fsp3) is 0.192. The van der Waals surface area contributed by atoms with Gasteiger partial charge in [0.25, 0.3) is 11.8 Å². The van der Waals surface area contributed by atoms with Crippen LogP contribution in [0, 0.1) is 12.7 Å². The van der Waals surface area contributed by atoms with E-state index in [1.807, 2.05) is 42.8 Å². The summed E-state index contributed by atoms with van der Waals surface area (Å²) in [5.41, 5.74) is 3.29. The Morgan fingerprint density at radius 3 is 2.68 bits per heavy atom. The van der Waals surface area contributed by atoms with E-state index in [0.29, 0.717) is 24.4 Å². The molecule has 0 aliphatic heterocycles. The van der Waals surface area contributed by atoms with Crippen molar-refractivity contribution in [2.24, 2.45) is 7.05 Å². The van der Waals surface area contributed by atoms with Crippen molar-refractivity contribution in [2.75, 3.05) is 18.5 Å². The lowest BCUT2D eigenvalue weighted by Crippen LogP contribution is -2.27. The number of fused-ring (bicyclic) bond motifs is 1. The van der Waals surface area contributed by atoms with Gasteiger partial charge in [0, 0.05) is 25.7 Å². The number of ether oxygens (including phenoxy) is 1. The molecule has 0 atom stereocenters. The average molecular weight is 461 g/mol. The smallest absolute Gasteiger partial charge is 0.262 e. The zero-order valence-electron chi connectivity index (χ0n) is 19.0. The number of nitrogens with zero attached hydrogens (tertiary/aromatic N) is 2. The number of rotatable bonds is 8. The van der Waals surface area contributed by atoms with Gasteiger partial charge in [0.1, 0.15) is 17.4 Å². The lowest BCUT2D eigenvalue weighted by molar-refractivity contribution is -0.118. The molecule has 0 bridgehead atoms. The van der Waals surface area contributed by atoms with Crippen LogP contribution in [-0.2, 0) is 18.3 Å². The van der Waals surface area contributed by atoms with Crippen molar-refractivity contribution in [3.63, 3.8) is 0 Å². The van der Waals surface area contributed by atoms with Crippen LogP contribution in [0.1, 0.15) is 21.7 Å². The Kier molecular flexibility index (Phi) is 6.87. The number of aromatic nitrogens is 2. The molecule has 4 aromatic rings. The molecule has 1 heterocycles. The first kappa shape index (κ1) is 23.0. The third-order valence-corrected chi connectivity index (χ3v) is 5.37. The molecule has 0 aliphatic carbocycles. The van der Waals surface area contributed by atoms with Crippen LogP contribution in [-0.4, -0.2) is 34.5 Å². The van der Waals surface area contributed by atoms with Gasteiger partial charge >= 0.3 is 0 Å². The van der Waals surface area contributed by atoms with Crippen LogP contribution >= 0.6 is 0 Å². The molecule has 174 valence electrons. The molecule has 8 heteroatoms. The average Bonchev–Trinajstić information content (AvgIpc) is 3.12. The van der Waals surface area contributed by atoms with E-state index in [-0.39, 0.29) is 18.1 Å². The first-order valence-corrected chi connectivity index (χ1v) is 10.9. The topological polar surface area (TPSA) is 85.2 Å². The fourth-order valence-electron chi connectivity index (χ4n) is 3.63. The Bertz CT molecular complexity index is 1350. The number of carbonyl (C=O) groups excluding carboxylic acids is 2. The first-order valence-electron chi connectivity index (χ1n) is 10.9. The Morgan fingerprint density at radius 1 is 1.06 bits per heavy atom. The van der Waals surface area contributed by atoms with Gasteiger partial charge in [0.15, 0.2) is 6.61 Å². The molecule has 0 fully saturated rings. The molecule has 0 saturated carbocycles. The van der Waals surface area contributed by atoms with E-state index in [9.17, 15) is 14.0 Å². The quantitative estimate of drug-likeness (QED) is 0.416. The summed E-state index contributed by atoms with van der Waals surface area (Å²) in [6.07, 6.45) is 0.470. The van der Waals surface area contributed by atoms with E-state index in [2.05, 4.69) is 15.6 Å². The van der Waals surface area contributed by atoms with Gasteiger partial charge in [-0.1, -0.05) is 24.3 Å². The molecule has 0 unspecified atom stereocenters. The van der Waals surface area contributed by atoms with Gasteiger partial charge in [-0.15, -0.1) is 0 Å². The predicted molar refractivity (Wildman–Crippen MR) is 128 cm³/mol. The summed E-state index contributed by atoms with van der Waals surface area (Å²) in [5, 5.41) is 5.55. The van der Waals surface area contributed by atoms with Crippen LogP contribution < -0.4 is 15.4 Å². The van der Waals surface area contributed by atoms with Crippen molar-refractivity contribution in [3.05, 3.63) is 89.5 Å². The number of halogens is 1. The molecule has 2 N–H and O–H groups in total. The largest absolute Gasteiger partial charge is 0.484 e. The standard InChI is InChI=1S/C26H25FN4O3/c1-17-6-5-7-19(14-17)34-16-25(32)29-18-10-11-23-22(15-18)30-24(31(23)2)12-13-28-26(33)20-8-3-4-9-21(20)27/h3-11,14-15H,12-13,16H2,1-2H3,(H,28,33)(H,29,32). The van der Waals surface area contributed by atoms with E-state index in [0.717, 1.165) is 22.4 Å². The highest BCUT2D eigenvalue weighted by Gasteiger charge is 2.13. The maximum absolute atomic E-state index is 13.8. The van der Waals surface area contributed by atoms with Gasteiger partial charge in [0.2, 0.25) is 0 Å². The highest BCUT2D eigenvalue weighted by molar-refractivity contribution is 5.95. The Hall–Kier alpha value is -4.20. The van der Waals surface area contributed by atoms with E-state index < -0.39 is 11.7 Å². The third kappa shape index (κ3) is 5.40. The minimum Gasteiger partial charge on any atom is -0.484 e. The Balaban J connectivity index is 1.35. The molecule has 7 nitrogen and oxygen atoms in total. The highest BCUT2D eigenvalue weighted by atomic mass is 19.1. The molecule has 0 spiro atoms. The summed E-state index contributed by atoms with van der Waals surface area (Å²) < 4.78 is 21.2. The molecular formula is C26H25FN4O3. The zero-order valence-corrected chi connectivity index (χ0v) is 19.0. The van der Waals surface area contributed by atoms with E-state index in [4.69, 9.17) is 4.74 Å². The summed E-state index contributed by atoms with van der Waals surface area (Å²) in [6, 6.07) is 18.8. The number of imidazole rings is 1. The van der Waals surface area contributed by atoms with E-state index >= 15 is 0 Å². The third-order valence-electron chi connectivity index (χ3n) is 5.37. The lowest BCUT2D eigenvalue weighted by atomic mass is 10.2. The van der Waals surface area contributed by atoms with Crippen molar-refractivity contribution in [1.82, 2.24) is 14.9 Å². The number of benzene rings is 3. The number of hydrogen-bond acceptors (Lipinski definition) is 4. The van der Waals surface area contributed by atoms with Crippen LogP contribution in [0.4, 0.5) is 10.1 Å². The molecule has 34 heavy (non-hydrogen) atoms. The number of nitrogens with one attached hydrogen (secondary N) is 2. The van der Waals surface area contributed by atoms with Crippen molar-refractivity contribution in [3.8, 4) is 5.75 Å². The summed E-state index contributed by atoms with van der Waals surface area (Å²) >= 11 is 0. The summed E-state index contributed by atoms with van der Waals surface area (Å²) in [6.45, 7) is 2.17. The van der Waals surface area contributed by atoms with Crippen LogP contribution in [0.3, 0.4) is 0 Å². The Labute approximate surface area is 196 Å². The number of carbonyl (C=O) groups is 2. The van der Waals surface area contributed by atoms with Gasteiger partial charge in [0.05, 0.1) is 16.6 Å². The van der Waals surface area contributed by atoms with Crippen LogP contribution in [0.2, 0.25) is 0 Å². The van der Waals surface area contributed by atoms with Crippen molar-refractivity contribution in [2.45, 2.75) is 13.3 Å². The predicted octanol–water partition coefficient (Wildman–Crippen LogP) is 4.01. The van der Waals surface area contributed by atoms with E-state index in [1.165, 1.54) is 12.1 Å². The van der Waals surface area contributed by atoms with Crippen molar-refractivity contribution >= 4 is 28.5 Å². The summed E-state index contributed by atoms with van der Waals surface area (Å²) in [4.78, 5) is 29.1. The number of amides is 2. The minimum atomic E-state index is -0.554. The summed E-state index contributed by atoms with van der Waals surface area (Å²) in [7, 11) is 1.89. The van der Waals surface area contributed by atoms with Crippen LogP contribution in [0.25, 0.3) is 11.0 Å². The van der Waals surface area contributed by atoms with Gasteiger partial charge in [-0.05, 0) is 55.0 Å². The minimum absolute atomic E-state index is 0.0132. The maximum atomic E-state index is 13.8. The van der Waals surface area contributed by atoms with Gasteiger partial charge < -0.3 is 19.9 Å². The number of aryl methyl sites for hydroxylation is 2. The van der Waals surface area contributed by atoms with Gasteiger partial charge in [-0.25, -0.2) is 9.37 Å². The second-order valence-corrected chi connectivity index (χ2v) is 7.93. The first-order chi connectivity index (χ1) is 16.4. The molecule has 1 aromatic heterocycles. The maximum Gasteiger partial charge on any atom is 0.262 e. The molecule has 3 aromatic carbocycles. The van der Waals surface area contributed by atoms with E-state index in [1.54, 1.807) is 30.3 Å². The second kappa shape index (κ2) is 10.2. The Morgan fingerprint density at radius 2 is 1.88 bits per heavy atom. The SMILES string of the molecule is Cc1cccc(OCC(=O)Nc2ccc3c(c2)nc(CCNC(=O)c2ccccc2F)n3C)c1. The zero-order chi connectivity index (χ0) is 24.1. The molecule has 2 amide bonds. The van der Waals surface area contributed by atoms with Gasteiger partial charge in [-0.2, -0.15) is 0 Å². The normalized spacial score (nSPS) is 10.8. The number of hydrogen-bond donors (Lipinski definition) is 2. The molecule has 4 rings (SSSR count). The second-order valence-electron chi connectivity index (χ2n) is 7.93. The monoisotopic (exact) mass is 460 g/mol. The fourth-order valence-corrected chi connectivity index (χ4v) is 3.63. The molecular weight excluding hydrogens is 435 g/mol. The molecule has 0 saturated heterocycles. The summed E-state index contributed by atoms with van der Waals surface area (Å²) in [5.74, 6) is 0.112. The van der Waals surface area contributed by atoms with Crippen molar-refractivity contribution in [1.29, 1.82) is 0 Å². The van der Waals surface area contributed by atoms with Gasteiger partial charge in [-0.3, -0.25) is 9.59 Å². The highest BCUT2D eigenvalue weighted by Crippen LogP contribution is 2.20. The molecule has 0 aliphatic rings. The number of anilines is 1. The molecule has 0 radical (unpaired) electrons. The van der Waals surface area contributed by atoms with Crippen LogP contribution in [0.5, 0.6) is 5.75 Å². The lowest BCUT2D eigenvalue weighted by Gasteiger charge is -2.08. The van der Waals surface area contributed by atoms with Crippen molar-refractivity contribution < 1.29 is 18.7 Å². The van der Waals surface area contributed by atoms with Crippen LogP contribution in [0.15, 0.2) is 66.7 Å².